The fraction of sp³-hybridized carbons (Fsp3) is 0.500. The minimum Gasteiger partial charge on any atom is -0.459 e. The van der Waals surface area contributed by atoms with Gasteiger partial charge in [0, 0.05) is 49.0 Å². The summed E-state index contributed by atoms with van der Waals surface area (Å²) in [7, 11) is -1.63. The summed E-state index contributed by atoms with van der Waals surface area (Å²) in [6, 6.07) is 9.83. The monoisotopic (exact) mass is 906 g/mol. The number of imidazole rings is 1. The van der Waals surface area contributed by atoms with E-state index in [-0.39, 0.29) is 43.7 Å². The molecule has 2 aliphatic heterocycles. The molecule has 7 rings (SSSR count). The van der Waals surface area contributed by atoms with Crippen molar-refractivity contribution in [1.82, 2.24) is 39.1 Å². The zero-order valence-corrected chi connectivity index (χ0v) is 38.1. The van der Waals surface area contributed by atoms with Crippen LogP contribution in [0.15, 0.2) is 60.0 Å². The first kappa shape index (κ1) is 45.6. The average Bonchev–Trinajstić information content (AvgIpc) is 3.55. The van der Waals surface area contributed by atoms with E-state index in [1.54, 1.807) is 32.9 Å². The first-order chi connectivity index (χ1) is 29.8. The zero-order valence-electron chi connectivity index (χ0n) is 36.5. The van der Waals surface area contributed by atoms with E-state index in [2.05, 4.69) is 15.4 Å². The minimum atomic E-state index is -4.20. The van der Waals surface area contributed by atoms with Gasteiger partial charge in [-0.2, -0.15) is 17.7 Å². The number of nitrogens with one attached hydrogen (secondary N) is 3. The van der Waals surface area contributed by atoms with Gasteiger partial charge in [0.15, 0.2) is 0 Å². The first-order valence-electron chi connectivity index (χ1n) is 21.2. The molecule has 1 saturated heterocycles. The summed E-state index contributed by atoms with van der Waals surface area (Å²) in [5.74, 6) is -2.95. The van der Waals surface area contributed by atoms with E-state index in [0.29, 0.717) is 34.6 Å². The molecule has 16 nitrogen and oxygen atoms in total. The molecule has 3 N–H and O–H groups in total. The zero-order chi connectivity index (χ0) is 45.4. The lowest BCUT2D eigenvalue weighted by Gasteiger charge is -2.30. The van der Waals surface area contributed by atoms with Crippen molar-refractivity contribution in [3.8, 4) is 27.8 Å². The van der Waals surface area contributed by atoms with Crippen molar-refractivity contribution in [1.29, 1.82) is 0 Å². The van der Waals surface area contributed by atoms with Crippen LogP contribution >= 0.6 is 11.3 Å². The van der Waals surface area contributed by atoms with E-state index < -0.39 is 69.3 Å². The minimum absolute atomic E-state index is 0.0113. The van der Waals surface area contributed by atoms with Gasteiger partial charge < -0.3 is 25.0 Å². The van der Waals surface area contributed by atoms with Gasteiger partial charge in [-0.1, -0.05) is 43.2 Å². The summed E-state index contributed by atoms with van der Waals surface area (Å²) in [5, 5.41) is 8.14. The molecule has 0 bridgehead atoms. The Labute approximate surface area is 370 Å². The van der Waals surface area contributed by atoms with E-state index >= 15 is 0 Å². The topological polar surface area (TPSA) is 194 Å². The molecule has 4 heterocycles. The number of para-hydroxylation sites is 1. The van der Waals surface area contributed by atoms with Crippen molar-refractivity contribution in [3.05, 3.63) is 65.8 Å². The van der Waals surface area contributed by atoms with E-state index in [9.17, 15) is 32.0 Å². The van der Waals surface area contributed by atoms with E-state index in [1.807, 2.05) is 54.1 Å². The smallest absolute Gasteiger partial charge is 0.408 e. The third-order valence-electron chi connectivity index (χ3n) is 11.4. The number of benzene rings is 2. The number of thiazole rings is 1. The molecule has 3 aliphatic rings. The van der Waals surface area contributed by atoms with Crippen LogP contribution in [-0.4, -0.2) is 106 Å². The highest BCUT2D eigenvalue weighted by Crippen LogP contribution is 2.46. The molecule has 63 heavy (non-hydrogen) atoms. The summed E-state index contributed by atoms with van der Waals surface area (Å²) >= 11 is 1.40. The van der Waals surface area contributed by atoms with Crippen LogP contribution in [0.2, 0.25) is 0 Å². The lowest BCUT2D eigenvalue weighted by atomic mass is 10.0. The number of hydrogen-bond donors (Lipinski definition) is 3. The third-order valence-corrected chi connectivity index (χ3v) is 13.6. The summed E-state index contributed by atoms with van der Waals surface area (Å²) in [6.45, 7) is 9.05. The molecule has 2 aromatic heterocycles. The predicted octanol–water partition coefficient (Wildman–Crippen LogP) is 6.11. The van der Waals surface area contributed by atoms with Gasteiger partial charge in [0.2, 0.25) is 11.8 Å². The summed E-state index contributed by atoms with van der Waals surface area (Å²) < 4.78 is 56.8. The Morgan fingerprint density at radius 2 is 1.84 bits per heavy atom. The maximum absolute atomic E-state index is 14.7. The van der Waals surface area contributed by atoms with Gasteiger partial charge >= 0.3 is 16.3 Å². The summed E-state index contributed by atoms with van der Waals surface area (Å²) in [4.78, 5) is 67.4. The van der Waals surface area contributed by atoms with Crippen LogP contribution in [0.4, 0.5) is 9.18 Å². The standard InChI is InChI=1S/C44H55FN8O8S2/c1-26(2)53-34-20-14-18-31(38-46-33(25-62-38)27-15-13-17-29(45)21-27)36(34)48-41(53)60-30-22-35-37(54)49-44(40(56)50-63(58,59)51(6)7)23-28(44)16-11-9-8-10-12-19-32(39(55)52(35)24-30)47-42(57)61-43(3,4)5/h11,13-18,20-21,25-26,28,30,32,35H,8-10,12,19,22-24H2,1-7H3,(H,47,57)(H,49,54)(H,50,56)/b16-11-/t28-,30-,32+,35+,44-/m1/s1. The van der Waals surface area contributed by atoms with Crippen LogP contribution in [-0.2, 0) is 29.3 Å². The SMILES string of the molecule is CC(C)n1c(O[C@@H]2C[C@H]3C(=O)N[C@]4(C(=O)NS(=O)(=O)N(C)C)C[C@H]4/C=C\CCCCC[C@H](NC(=O)OC(C)(C)C)C(=O)N3C2)nc2c(-c3nc(-c4cccc(F)c4)cs3)cccc21. The van der Waals surface area contributed by atoms with Crippen LogP contribution in [0.5, 0.6) is 6.01 Å². The molecule has 4 aromatic rings. The third kappa shape index (κ3) is 10.0. The lowest BCUT2D eigenvalue weighted by Crippen LogP contribution is -2.58. The molecule has 1 saturated carbocycles. The van der Waals surface area contributed by atoms with Crippen LogP contribution in [0.25, 0.3) is 32.9 Å². The fourth-order valence-corrected chi connectivity index (χ4v) is 9.55. The van der Waals surface area contributed by atoms with E-state index in [0.717, 1.165) is 28.2 Å². The second-order valence-corrected chi connectivity index (χ2v) is 20.6. The van der Waals surface area contributed by atoms with Gasteiger partial charge in [-0.15, -0.1) is 11.3 Å². The normalized spacial score (nSPS) is 23.9. The van der Waals surface area contributed by atoms with Crippen LogP contribution in [0, 0.1) is 11.7 Å². The maximum Gasteiger partial charge on any atom is 0.408 e. The molecule has 2 aromatic carbocycles. The molecular formula is C44H55FN8O8S2. The van der Waals surface area contributed by atoms with Crippen molar-refractivity contribution in [2.75, 3.05) is 20.6 Å². The summed E-state index contributed by atoms with van der Waals surface area (Å²) in [5.41, 5.74) is 0.942. The Hall–Kier alpha value is -5.40. The number of rotatable bonds is 9. The Bertz CT molecular complexity index is 2530. The second kappa shape index (κ2) is 18.0. The number of nitrogens with zero attached hydrogens (tertiary/aromatic N) is 5. The van der Waals surface area contributed by atoms with Crippen molar-refractivity contribution in [2.45, 2.75) is 115 Å². The average molecular weight is 907 g/mol. The van der Waals surface area contributed by atoms with Crippen LogP contribution in [0.1, 0.15) is 85.6 Å². The Morgan fingerprint density at radius 3 is 2.56 bits per heavy atom. The molecule has 2 fully saturated rings. The number of ether oxygens (including phenoxy) is 2. The highest BCUT2D eigenvalue weighted by atomic mass is 32.2. The molecule has 19 heteroatoms. The van der Waals surface area contributed by atoms with Crippen molar-refractivity contribution in [3.63, 3.8) is 0 Å². The number of allylic oxidation sites excluding steroid dienone is 1. The number of alkyl carbamates (subject to hydrolysis) is 1. The number of halogens is 1. The lowest BCUT2D eigenvalue weighted by molar-refractivity contribution is -0.141. The number of carbonyl (C=O) groups is 4. The molecule has 4 amide bonds. The van der Waals surface area contributed by atoms with Crippen LogP contribution in [0.3, 0.4) is 0 Å². The van der Waals surface area contributed by atoms with E-state index in [1.165, 1.54) is 42.5 Å². The van der Waals surface area contributed by atoms with Gasteiger partial charge in [0.05, 0.1) is 17.8 Å². The van der Waals surface area contributed by atoms with Crippen molar-refractivity contribution >= 4 is 56.4 Å². The number of hydrogen-bond acceptors (Lipinski definition) is 11. The number of fused-ring (bicyclic) bond motifs is 3. The van der Waals surface area contributed by atoms with Gasteiger partial charge in [0.1, 0.15) is 45.7 Å². The highest BCUT2D eigenvalue weighted by molar-refractivity contribution is 7.87. The molecule has 0 spiro atoms. The Morgan fingerprint density at radius 1 is 1.08 bits per heavy atom. The molecular weight excluding hydrogens is 852 g/mol. The molecule has 0 radical (unpaired) electrons. The maximum atomic E-state index is 14.7. The molecule has 1 aliphatic carbocycles. The molecule has 338 valence electrons. The van der Waals surface area contributed by atoms with Gasteiger partial charge in [-0.3, -0.25) is 19.0 Å². The molecule has 0 unspecified atom stereocenters. The molecule has 5 atom stereocenters. The van der Waals surface area contributed by atoms with Gasteiger partial charge in [-0.25, -0.2) is 18.9 Å². The predicted molar refractivity (Wildman–Crippen MR) is 236 cm³/mol. The quantitative estimate of drug-likeness (QED) is 0.165. The highest BCUT2D eigenvalue weighted by Gasteiger charge is 2.62. The van der Waals surface area contributed by atoms with Gasteiger partial charge in [0.25, 0.3) is 11.9 Å². The largest absolute Gasteiger partial charge is 0.459 e. The summed E-state index contributed by atoms with van der Waals surface area (Å²) in [6.07, 6.45) is 5.34. The van der Waals surface area contributed by atoms with E-state index in [4.69, 9.17) is 19.4 Å². The van der Waals surface area contributed by atoms with Crippen LogP contribution < -0.4 is 20.1 Å². The second-order valence-electron chi connectivity index (χ2n) is 17.8. The van der Waals surface area contributed by atoms with Crippen molar-refractivity contribution < 1.29 is 41.5 Å². The Balaban J connectivity index is 1.23. The fourth-order valence-electron chi connectivity index (χ4n) is 8.09. The van der Waals surface area contributed by atoms with Crippen molar-refractivity contribution in [2.24, 2.45) is 5.92 Å². The number of aromatic nitrogens is 3. The Kier molecular flexibility index (Phi) is 13.0. The number of carbonyl (C=O) groups excluding carboxylic acids is 4. The van der Waals surface area contributed by atoms with Gasteiger partial charge in [-0.05, 0) is 84.6 Å². The number of amides is 4. The first-order valence-corrected chi connectivity index (χ1v) is 23.5.